The van der Waals surface area contributed by atoms with E-state index in [0.717, 1.165) is 12.2 Å². The first kappa shape index (κ1) is 14.5. The summed E-state index contributed by atoms with van der Waals surface area (Å²) in [5.74, 6) is 0.883. The summed E-state index contributed by atoms with van der Waals surface area (Å²) in [6.07, 6.45) is 2.14. The lowest BCUT2D eigenvalue weighted by Gasteiger charge is -2.19. The van der Waals surface area contributed by atoms with Gasteiger partial charge in [-0.25, -0.2) is 0 Å². The number of nitriles is 1. The van der Waals surface area contributed by atoms with Gasteiger partial charge in [-0.3, -0.25) is 0 Å². The van der Waals surface area contributed by atoms with Gasteiger partial charge in [0.2, 0.25) is 0 Å². The molecule has 0 aliphatic heterocycles. The van der Waals surface area contributed by atoms with Crippen molar-refractivity contribution in [2.75, 3.05) is 6.61 Å². The van der Waals surface area contributed by atoms with E-state index in [9.17, 15) is 0 Å². The quantitative estimate of drug-likeness (QED) is 0.785. The van der Waals surface area contributed by atoms with Gasteiger partial charge < -0.3 is 10.5 Å². The third-order valence-electron chi connectivity index (χ3n) is 3.37. The Kier molecular flexibility index (Phi) is 5.18. The fraction of sp³-hybridized carbons (Fsp3) is 0.533. The molecule has 2 N–H and O–H groups in total. The van der Waals surface area contributed by atoms with Gasteiger partial charge in [-0.15, -0.1) is 0 Å². The van der Waals surface area contributed by atoms with Gasteiger partial charge in [0.1, 0.15) is 11.3 Å². The Hall–Kier alpha value is -1.53. The average Bonchev–Trinajstić information content (AvgIpc) is 2.38. The molecule has 0 amide bonds. The fourth-order valence-corrected chi connectivity index (χ4v) is 1.69. The second kappa shape index (κ2) is 6.42. The van der Waals surface area contributed by atoms with E-state index in [-0.39, 0.29) is 0 Å². The second-order valence-electron chi connectivity index (χ2n) is 4.82. The number of nitrogens with zero attached hydrogens (tertiary/aromatic N) is 1. The smallest absolute Gasteiger partial charge is 0.119 e. The molecular formula is C15H22N2O. The van der Waals surface area contributed by atoms with Crippen molar-refractivity contribution in [3.8, 4) is 11.8 Å². The summed E-state index contributed by atoms with van der Waals surface area (Å²) in [6, 6.07) is 8.23. The molecule has 0 spiro atoms. The van der Waals surface area contributed by atoms with Crippen LogP contribution in [-0.4, -0.2) is 12.1 Å². The predicted molar refractivity (Wildman–Crippen MR) is 73.5 cm³/mol. The molecule has 1 aromatic rings. The summed E-state index contributed by atoms with van der Waals surface area (Å²) in [6.45, 7) is 6.69. The lowest BCUT2D eigenvalue weighted by molar-refractivity contribution is 0.291. The van der Waals surface area contributed by atoms with Crippen LogP contribution in [0.4, 0.5) is 0 Å². The topological polar surface area (TPSA) is 59.0 Å². The summed E-state index contributed by atoms with van der Waals surface area (Å²) in [7, 11) is 0. The molecular weight excluding hydrogens is 224 g/mol. The van der Waals surface area contributed by atoms with Crippen LogP contribution >= 0.6 is 0 Å². The van der Waals surface area contributed by atoms with Crippen LogP contribution in [0.5, 0.6) is 5.75 Å². The third-order valence-corrected chi connectivity index (χ3v) is 3.37. The summed E-state index contributed by atoms with van der Waals surface area (Å²) >= 11 is 0. The highest BCUT2D eigenvalue weighted by molar-refractivity contribution is 5.33. The van der Waals surface area contributed by atoms with Gasteiger partial charge in [0.25, 0.3) is 0 Å². The number of rotatable bonds is 6. The van der Waals surface area contributed by atoms with Crippen molar-refractivity contribution in [2.24, 2.45) is 5.73 Å². The van der Waals surface area contributed by atoms with Gasteiger partial charge in [0.05, 0.1) is 12.7 Å². The highest BCUT2D eigenvalue weighted by Crippen LogP contribution is 2.18. The Morgan fingerprint density at radius 3 is 2.61 bits per heavy atom. The zero-order chi connectivity index (χ0) is 13.6. The maximum absolute atomic E-state index is 8.95. The molecule has 1 rings (SSSR count). The van der Waals surface area contributed by atoms with Gasteiger partial charge in [-0.2, -0.15) is 5.26 Å². The number of ether oxygens (including phenoxy) is 1. The van der Waals surface area contributed by atoms with Crippen LogP contribution in [0.3, 0.4) is 0 Å². The first-order valence-electron chi connectivity index (χ1n) is 6.41. The molecule has 3 nitrogen and oxygen atoms in total. The number of nitrogens with two attached hydrogens (primary N) is 1. The standard InChI is InChI=1S/C15H22N2O/c1-4-15(17,11-16)8-5-9-18-14-7-6-12(2)13(3)10-14/h6-7,10H,4-5,8-9,17H2,1-3H3. The Morgan fingerprint density at radius 2 is 2.06 bits per heavy atom. The lowest BCUT2D eigenvalue weighted by atomic mass is 9.94. The van der Waals surface area contributed by atoms with Crippen molar-refractivity contribution in [3.05, 3.63) is 29.3 Å². The molecule has 1 aromatic carbocycles. The van der Waals surface area contributed by atoms with E-state index in [2.05, 4.69) is 26.0 Å². The molecule has 0 saturated heterocycles. The van der Waals surface area contributed by atoms with Crippen LogP contribution in [0, 0.1) is 25.2 Å². The monoisotopic (exact) mass is 246 g/mol. The lowest BCUT2D eigenvalue weighted by Crippen LogP contribution is -2.37. The van der Waals surface area contributed by atoms with E-state index in [1.807, 2.05) is 19.1 Å². The number of hydrogen-bond donors (Lipinski definition) is 1. The first-order chi connectivity index (χ1) is 8.50. The Morgan fingerprint density at radius 1 is 1.33 bits per heavy atom. The molecule has 1 unspecified atom stereocenters. The van der Waals surface area contributed by atoms with Crippen molar-refractivity contribution >= 4 is 0 Å². The molecule has 0 fully saturated rings. The van der Waals surface area contributed by atoms with Gasteiger partial charge >= 0.3 is 0 Å². The van der Waals surface area contributed by atoms with Crippen molar-refractivity contribution in [1.82, 2.24) is 0 Å². The van der Waals surface area contributed by atoms with E-state index in [1.165, 1.54) is 11.1 Å². The predicted octanol–water partition coefficient (Wildman–Crippen LogP) is 3.09. The van der Waals surface area contributed by atoms with E-state index >= 15 is 0 Å². The second-order valence-corrected chi connectivity index (χ2v) is 4.82. The van der Waals surface area contributed by atoms with Crippen molar-refractivity contribution in [2.45, 2.75) is 45.6 Å². The third kappa shape index (κ3) is 4.05. The van der Waals surface area contributed by atoms with Crippen LogP contribution < -0.4 is 10.5 Å². The van der Waals surface area contributed by atoms with E-state index < -0.39 is 5.54 Å². The number of aryl methyl sites for hydroxylation is 2. The molecule has 0 saturated carbocycles. The minimum atomic E-state index is -0.702. The maximum Gasteiger partial charge on any atom is 0.119 e. The highest BCUT2D eigenvalue weighted by atomic mass is 16.5. The summed E-state index contributed by atoms with van der Waals surface area (Å²) in [5.41, 5.74) is 7.69. The zero-order valence-electron chi connectivity index (χ0n) is 11.5. The van der Waals surface area contributed by atoms with Gasteiger partial charge in [0, 0.05) is 0 Å². The Bertz CT molecular complexity index is 437. The summed E-state index contributed by atoms with van der Waals surface area (Å²) in [5, 5.41) is 8.95. The molecule has 0 aliphatic carbocycles. The molecule has 98 valence electrons. The van der Waals surface area contributed by atoms with Crippen LogP contribution in [0.1, 0.15) is 37.3 Å². The maximum atomic E-state index is 8.95. The first-order valence-corrected chi connectivity index (χ1v) is 6.41. The fourth-order valence-electron chi connectivity index (χ4n) is 1.69. The normalized spacial score (nSPS) is 13.7. The van der Waals surface area contributed by atoms with Crippen molar-refractivity contribution in [3.63, 3.8) is 0 Å². The van der Waals surface area contributed by atoms with E-state index in [1.54, 1.807) is 0 Å². The molecule has 18 heavy (non-hydrogen) atoms. The Labute approximate surface area is 110 Å². The summed E-state index contributed by atoms with van der Waals surface area (Å²) in [4.78, 5) is 0. The molecule has 0 radical (unpaired) electrons. The SMILES string of the molecule is CCC(N)(C#N)CCCOc1ccc(C)c(C)c1. The van der Waals surface area contributed by atoms with Crippen LogP contribution in [0.15, 0.2) is 18.2 Å². The van der Waals surface area contributed by atoms with Crippen LogP contribution in [-0.2, 0) is 0 Å². The molecule has 0 bridgehead atoms. The molecule has 0 aromatic heterocycles. The molecule has 0 heterocycles. The number of hydrogen-bond acceptors (Lipinski definition) is 3. The largest absolute Gasteiger partial charge is 0.494 e. The van der Waals surface area contributed by atoms with Gasteiger partial charge in [0.15, 0.2) is 0 Å². The van der Waals surface area contributed by atoms with E-state index in [0.29, 0.717) is 19.4 Å². The Balaban J connectivity index is 2.39. The van der Waals surface area contributed by atoms with Crippen LogP contribution in [0.25, 0.3) is 0 Å². The summed E-state index contributed by atoms with van der Waals surface area (Å²) < 4.78 is 5.66. The molecule has 0 aliphatic rings. The number of benzene rings is 1. The minimum absolute atomic E-state index is 0.600. The van der Waals surface area contributed by atoms with Crippen LogP contribution in [0.2, 0.25) is 0 Å². The van der Waals surface area contributed by atoms with E-state index in [4.69, 9.17) is 15.7 Å². The molecule has 3 heteroatoms. The van der Waals surface area contributed by atoms with Gasteiger partial charge in [-0.1, -0.05) is 13.0 Å². The minimum Gasteiger partial charge on any atom is -0.494 e. The molecule has 1 atom stereocenters. The zero-order valence-corrected chi connectivity index (χ0v) is 11.5. The average molecular weight is 246 g/mol. The van der Waals surface area contributed by atoms with Crippen molar-refractivity contribution < 1.29 is 4.74 Å². The van der Waals surface area contributed by atoms with Crippen molar-refractivity contribution in [1.29, 1.82) is 5.26 Å². The van der Waals surface area contributed by atoms with Gasteiger partial charge in [-0.05, 0) is 56.4 Å². The highest BCUT2D eigenvalue weighted by Gasteiger charge is 2.20.